The normalized spacial score (nSPS) is 12.1. The van der Waals surface area contributed by atoms with Crippen LogP contribution in [-0.2, 0) is 6.54 Å². The summed E-state index contributed by atoms with van der Waals surface area (Å²) in [5, 5.41) is 11.6. The Morgan fingerprint density at radius 1 is 1.33 bits per heavy atom. The Balaban J connectivity index is 1.57. The van der Waals surface area contributed by atoms with E-state index in [4.69, 9.17) is 4.42 Å². The molecule has 3 aromatic rings. The third-order valence-electron chi connectivity index (χ3n) is 3.18. The van der Waals surface area contributed by atoms with Gasteiger partial charge in [-0.05, 0) is 43.3 Å². The largest absolute Gasteiger partial charge is 0.467 e. The molecule has 1 atom stereocenters. The third kappa shape index (κ3) is 4.21. The summed E-state index contributed by atoms with van der Waals surface area (Å²) in [6, 6.07) is 9.24. The molecule has 2 heterocycles. The number of anilines is 1. The van der Waals surface area contributed by atoms with Crippen LogP contribution in [0.3, 0.4) is 0 Å². The Morgan fingerprint density at radius 3 is 2.83 bits per heavy atom. The highest BCUT2D eigenvalue weighted by atomic mass is 32.2. The molecule has 0 radical (unpaired) electrons. The zero-order valence-corrected chi connectivity index (χ0v) is 14.4. The lowest BCUT2D eigenvalue weighted by atomic mass is 10.1. The van der Waals surface area contributed by atoms with Gasteiger partial charge in [0.05, 0.1) is 18.1 Å². The maximum absolute atomic E-state index is 12.9. The van der Waals surface area contributed by atoms with Crippen LogP contribution in [0.1, 0.15) is 23.0 Å². The van der Waals surface area contributed by atoms with Crippen molar-refractivity contribution in [3.8, 4) is 0 Å². The average Bonchev–Trinajstić information content (AvgIpc) is 3.24. The lowest BCUT2D eigenvalue weighted by molar-refractivity contribution is 0.0994. The Bertz CT molecular complexity index is 803. The van der Waals surface area contributed by atoms with Gasteiger partial charge < -0.3 is 9.73 Å². The van der Waals surface area contributed by atoms with Crippen molar-refractivity contribution in [1.82, 2.24) is 10.2 Å². The molecule has 1 aromatic carbocycles. The molecule has 1 N–H and O–H groups in total. The van der Waals surface area contributed by atoms with Crippen LogP contribution in [0.4, 0.5) is 9.52 Å². The first-order valence-corrected chi connectivity index (χ1v) is 8.87. The van der Waals surface area contributed by atoms with Gasteiger partial charge in [-0.2, -0.15) is 0 Å². The fourth-order valence-electron chi connectivity index (χ4n) is 1.96. The molecular weight excluding hydrogens is 349 g/mol. The number of nitrogens with zero attached hydrogens (tertiary/aromatic N) is 2. The second kappa shape index (κ2) is 7.59. The van der Waals surface area contributed by atoms with Gasteiger partial charge in [0.15, 0.2) is 10.1 Å². The van der Waals surface area contributed by atoms with Gasteiger partial charge in [-0.1, -0.05) is 23.1 Å². The quantitative estimate of drug-likeness (QED) is 0.500. The monoisotopic (exact) mass is 363 g/mol. The summed E-state index contributed by atoms with van der Waals surface area (Å²) < 4.78 is 18.9. The molecule has 0 unspecified atom stereocenters. The highest BCUT2D eigenvalue weighted by Gasteiger charge is 2.19. The van der Waals surface area contributed by atoms with Crippen molar-refractivity contribution in [3.05, 3.63) is 59.8 Å². The van der Waals surface area contributed by atoms with E-state index in [1.54, 1.807) is 13.2 Å². The van der Waals surface area contributed by atoms with E-state index < -0.39 is 0 Å². The molecule has 0 aliphatic heterocycles. The maximum atomic E-state index is 12.9. The van der Waals surface area contributed by atoms with E-state index in [0.717, 1.165) is 5.76 Å². The van der Waals surface area contributed by atoms with Crippen LogP contribution >= 0.6 is 23.1 Å². The number of ketones is 1. The molecule has 0 bridgehead atoms. The molecular formula is C16H14FN3O2S2. The minimum absolute atomic E-state index is 0.0692. The van der Waals surface area contributed by atoms with Gasteiger partial charge in [-0.25, -0.2) is 4.39 Å². The van der Waals surface area contributed by atoms with E-state index >= 15 is 0 Å². The highest BCUT2D eigenvalue weighted by Crippen LogP contribution is 2.30. The number of thioether (sulfide) groups is 1. The number of carbonyl (C=O) groups is 1. The van der Waals surface area contributed by atoms with Gasteiger partial charge in [0.1, 0.15) is 11.6 Å². The van der Waals surface area contributed by atoms with E-state index in [1.807, 2.05) is 12.1 Å². The zero-order valence-electron chi connectivity index (χ0n) is 12.7. The first kappa shape index (κ1) is 16.7. The number of Topliss-reactive ketones (excluding diaryl/α,β-unsaturated/α-hetero) is 1. The standard InChI is InChI=1S/C16H14FN3O2S2/c1-10(14(21)11-4-6-12(17)7-5-11)23-16-20-19-15(24-16)18-9-13-3-2-8-22-13/h2-8,10H,9H2,1H3,(H,18,19)/t10-/m0/s1. The summed E-state index contributed by atoms with van der Waals surface area (Å²) in [5.41, 5.74) is 0.483. The predicted octanol–water partition coefficient (Wildman–Crippen LogP) is 4.25. The minimum atomic E-state index is -0.358. The number of nitrogens with one attached hydrogen (secondary N) is 1. The SMILES string of the molecule is C[C@H](Sc1nnc(NCc2ccco2)s1)C(=O)c1ccc(F)cc1. The number of aromatic nitrogens is 2. The van der Waals surface area contributed by atoms with Crippen molar-refractivity contribution in [2.45, 2.75) is 23.1 Å². The second-order valence-corrected chi connectivity index (χ2v) is 7.50. The number of furan rings is 1. The van der Waals surface area contributed by atoms with Crippen LogP contribution in [0.5, 0.6) is 0 Å². The van der Waals surface area contributed by atoms with Crippen molar-refractivity contribution < 1.29 is 13.6 Å². The van der Waals surface area contributed by atoms with Crippen molar-refractivity contribution in [1.29, 1.82) is 0 Å². The van der Waals surface area contributed by atoms with Gasteiger partial charge in [0, 0.05) is 5.56 Å². The Morgan fingerprint density at radius 2 is 2.12 bits per heavy atom. The number of hydrogen-bond donors (Lipinski definition) is 1. The van der Waals surface area contributed by atoms with Crippen LogP contribution < -0.4 is 5.32 Å². The molecule has 0 saturated heterocycles. The van der Waals surface area contributed by atoms with Crippen molar-refractivity contribution in [3.63, 3.8) is 0 Å². The van der Waals surface area contributed by atoms with E-state index in [0.29, 0.717) is 21.6 Å². The summed E-state index contributed by atoms with van der Waals surface area (Å²) in [6.45, 7) is 2.32. The number of hydrogen-bond acceptors (Lipinski definition) is 7. The van der Waals surface area contributed by atoms with Gasteiger partial charge >= 0.3 is 0 Å². The Hall–Kier alpha value is -2.19. The molecule has 24 heavy (non-hydrogen) atoms. The van der Waals surface area contributed by atoms with E-state index in [1.165, 1.54) is 47.4 Å². The smallest absolute Gasteiger partial charge is 0.206 e. The first-order chi connectivity index (χ1) is 11.6. The van der Waals surface area contributed by atoms with Crippen LogP contribution in [0.15, 0.2) is 51.4 Å². The van der Waals surface area contributed by atoms with Gasteiger partial charge in [0.25, 0.3) is 0 Å². The second-order valence-electron chi connectivity index (χ2n) is 4.94. The van der Waals surface area contributed by atoms with Crippen LogP contribution in [0.25, 0.3) is 0 Å². The lowest BCUT2D eigenvalue weighted by Gasteiger charge is -2.07. The number of rotatable bonds is 7. The Labute approximate surface area is 146 Å². The minimum Gasteiger partial charge on any atom is -0.467 e. The van der Waals surface area contributed by atoms with Crippen molar-refractivity contribution in [2.24, 2.45) is 0 Å². The molecule has 0 amide bonds. The molecule has 0 aliphatic rings. The van der Waals surface area contributed by atoms with Crippen molar-refractivity contribution >= 4 is 34.0 Å². The van der Waals surface area contributed by atoms with Gasteiger partial charge in [-0.3, -0.25) is 4.79 Å². The molecule has 124 valence electrons. The van der Waals surface area contributed by atoms with E-state index in [-0.39, 0.29) is 16.9 Å². The van der Waals surface area contributed by atoms with Gasteiger partial charge in [0.2, 0.25) is 5.13 Å². The molecule has 0 saturated carbocycles. The summed E-state index contributed by atoms with van der Waals surface area (Å²) in [7, 11) is 0. The molecule has 0 fully saturated rings. The molecule has 2 aromatic heterocycles. The average molecular weight is 363 g/mol. The zero-order chi connectivity index (χ0) is 16.9. The number of benzene rings is 1. The Kier molecular flexibility index (Phi) is 5.27. The topological polar surface area (TPSA) is 68.0 Å². The highest BCUT2D eigenvalue weighted by molar-refractivity contribution is 8.02. The molecule has 3 rings (SSSR count). The van der Waals surface area contributed by atoms with Crippen LogP contribution in [0, 0.1) is 5.82 Å². The lowest BCUT2D eigenvalue weighted by Crippen LogP contribution is -2.13. The predicted molar refractivity (Wildman–Crippen MR) is 92.0 cm³/mol. The van der Waals surface area contributed by atoms with E-state index in [9.17, 15) is 9.18 Å². The first-order valence-electron chi connectivity index (χ1n) is 7.18. The maximum Gasteiger partial charge on any atom is 0.206 e. The van der Waals surface area contributed by atoms with Crippen molar-refractivity contribution in [2.75, 3.05) is 5.32 Å². The fraction of sp³-hybridized carbons (Fsp3) is 0.188. The van der Waals surface area contributed by atoms with E-state index in [2.05, 4.69) is 15.5 Å². The van der Waals surface area contributed by atoms with Gasteiger partial charge in [-0.15, -0.1) is 10.2 Å². The summed E-state index contributed by atoms with van der Waals surface area (Å²) in [4.78, 5) is 12.3. The van der Waals surface area contributed by atoms with Crippen LogP contribution in [0.2, 0.25) is 0 Å². The summed E-state index contributed by atoms with van der Waals surface area (Å²) in [5.74, 6) is 0.378. The third-order valence-corrected chi connectivity index (χ3v) is 5.24. The number of halogens is 1. The molecule has 0 spiro atoms. The summed E-state index contributed by atoms with van der Waals surface area (Å²) in [6.07, 6.45) is 1.61. The van der Waals surface area contributed by atoms with Crippen LogP contribution in [-0.4, -0.2) is 21.2 Å². The summed E-state index contributed by atoms with van der Waals surface area (Å²) >= 11 is 2.71. The molecule has 5 nitrogen and oxygen atoms in total. The fourth-order valence-corrected chi connectivity index (χ4v) is 3.93. The molecule has 0 aliphatic carbocycles. The number of carbonyl (C=O) groups excluding carboxylic acids is 1. The molecule has 8 heteroatoms.